The molecule has 0 spiro atoms. The maximum atomic E-state index is 12.7. The van der Waals surface area contributed by atoms with Crippen molar-refractivity contribution in [2.45, 2.75) is 17.7 Å². The molecule has 148 valence electrons. The minimum absolute atomic E-state index is 0.0468. The molecule has 0 saturated carbocycles. The van der Waals surface area contributed by atoms with Gasteiger partial charge in [0.2, 0.25) is 10.0 Å². The quantitative estimate of drug-likeness (QED) is 0.495. The van der Waals surface area contributed by atoms with Gasteiger partial charge in [-0.2, -0.15) is 4.31 Å². The van der Waals surface area contributed by atoms with Crippen LogP contribution in [0.4, 0.5) is 0 Å². The van der Waals surface area contributed by atoms with Gasteiger partial charge in [0.25, 0.3) is 0 Å². The third-order valence-electron chi connectivity index (χ3n) is 4.35. The van der Waals surface area contributed by atoms with Crippen LogP contribution in [0.1, 0.15) is 33.6 Å². The summed E-state index contributed by atoms with van der Waals surface area (Å²) < 4.78 is 37.2. The molecule has 0 atom stereocenters. The number of carbonyl (C=O) groups is 2. The number of rotatable bonds is 5. The molecule has 1 saturated heterocycles. The zero-order valence-corrected chi connectivity index (χ0v) is 17.5. The van der Waals surface area contributed by atoms with E-state index in [1.165, 1.54) is 53.9 Å². The molecular formula is C19H18BrNO6S. The van der Waals surface area contributed by atoms with E-state index in [-0.39, 0.29) is 16.2 Å². The van der Waals surface area contributed by atoms with E-state index in [4.69, 9.17) is 4.74 Å². The van der Waals surface area contributed by atoms with E-state index in [0.29, 0.717) is 23.1 Å². The Kier molecular flexibility index (Phi) is 6.17. The number of methoxy groups -OCH3 is 1. The summed E-state index contributed by atoms with van der Waals surface area (Å²) in [7, 11) is -2.37. The first-order valence-corrected chi connectivity index (χ1v) is 10.8. The fourth-order valence-corrected chi connectivity index (χ4v) is 4.79. The van der Waals surface area contributed by atoms with Gasteiger partial charge in [0, 0.05) is 17.6 Å². The fraction of sp³-hybridized carbons (Fsp3) is 0.263. The molecule has 1 aliphatic rings. The van der Waals surface area contributed by atoms with E-state index < -0.39 is 22.0 Å². The fourth-order valence-electron chi connectivity index (χ4n) is 2.84. The highest BCUT2D eigenvalue weighted by Crippen LogP contribution is 2.26. The van der Waals surface area contributed by atoms with Gasteiger partial charge in [-0.1, -0.05) is 0 Å². The molecule has 0 amide bonds. The second-order valence-corrected chi connectivity index (χ2v) is 8.95. The summed E-state index contributed by atoms with van der Waals surface area (Å²) in [5, 5.41) is 0. The third kappa shape index (κ3) is 4.26. The predicted molar refractivity (Wildman–Crippen MR) is 105 cm³/mol. The first-order chi connectivity index (χ1) is 13.3. The van der Waals surface area contributed by atoms with Gasteiger partial charge in [-0.3, -0.25) is 0 Å². The van der Waals surface area contributed by atoms with Gasteiger partial charge in [-0.05, 0) is 71.2 Å². The maximum absolute atomic E-state index is 12.7. The molecule has 3 rings (SSSR count). The number of sulfonamides is 1. The summed E-state index contributed by atoms with van der Waals surface area (Å²) in [6.07, 6.45) is 1.65. The Labute approximate surface area is 171 Å². The average Bonchev–Trinajstić information content (AvgIpc) is 3.24. The van der Waals surface area contributed by atoms with Crippen molar-refractivity contribution in [3.05, 3.63) is 58.1 Å². The van der Waals surface area contributed by atoms with Crippen LogP contribution in [-0.2, 0) is 14.8 Å². The zero-order valence-electron chi connectivity index (χ0n) is 15.1. The molecule has 0 radical (unpaired) electrons. The van der Waals surface area contributed by atoms with E-state index in [2.05, 4.69) is 20.7 Å². The number of benzene rings is 2. The molecule has 0 N–H and O–H groups in total. The minimum Gasteiger partial charge on any atom is -0.465 e. The summed E-state index contributed by atoms with van der Waals surface area (Å²) in [5.41, 5.74) is 0.416. The molecule has 0 bridgehead atoms. The van der Waals surface area contributed by atoms with Crippen molar-refractivity contribution in [2.24, 2.45) is 0 Å². The summed E-state index contributed by atoms with van der Waals surface area (Å²) >= 11 is 3.26. The topological polar surface area (TPSA) is 90.0 Å². The molecule has 1 fully saturated rings. The lowest BCUT2D eigenvalue weighted by Crippen LogP contribution is -2.28. The van der Waals surface area contributed by atoms with Crippen LogP contribution in [0.15, 0.2) is 51.8 Å². The lowest BCUT2D eigenvalue weighted by molar-refractivity contribution is 0.0600. The van der Waals surface area contributed by atoms with E-state index in [0.717, 1.165) is 12.8 Å². The highest BCUT2D eigenvalue weighted by atomic mass is 79.9. The van der Waals surface area contributed by atoms with Gasteiger partial charge in [0.15, 0.2) is 0 Å². The largest absolute Gasteiger partial charge is 0.465 e. The number of carbonyl (C=O) groups excluding carboxylic acids is 2. The van der Waals surface area contributed by atoms with Crippen LogP contribution in [0, 0.1) is 0 Å². The first kappa shape index (κ1) is 20.5. The molecule has 2 aromatic rings. The molecule has 0 aliphatic carbocycles. The van der Waals surface area contributed by atoms with Crippen LogP contribution < -0.4 is 4.74 Å². The molecule has 7 nitrogen and oxygen atoms in total. The van der Waals surface area contributed by atoms with Crippen molar-refractivity contribution >= 4 is 37.9 Å². The maximum Gasteiger partial charge on any atom is 0.344 e. The number of hydrogen-bond acceptors (Lipinski definition) is 6. The van der Waals surface area contributed by atoms with Crippen molar-refractivity contribution in [3.8, 4) is 5.75 Å². The van der Waals surface area contributed by atoms with Crippen LogP contribution in [0.3, 0.4) is 0 Å². The lowest BCUT2D eigenvalue weighted by atomic mass is 10.2. The average molecular weight is 468 g/mol. The molecule has 1 heterocycles. The van der Waals surface area contributed by atoms with Crippen molar-refractivity contribution in [1.29, 1.82) is 0 Å². The number of esters is 2. The predicted octanol–water partition coefficient (Wildman–Crippen LogP) is 3.24. The number of hydrogen-bond donors (Lipinski definition) is 0. The Hall–Kier alpha value is -2.23. The Morgan fingerprint density at radius 2 is 1.64 bits per heavy atom. The summed E-state index contributed by atoms with van der Waals surface area (Å²) in [6, 6.07) is 10.1. The van der Waals surface area contributed by atoms with E-state index in [1.54, 1.807) is 0 Å². The second-order valence-electron chi connectivity index (χ2n) is 6.16. The van der Waals surface area contributed by atoms with Crippen LogP contribution in [-0.4, -0.2) is 44.9 Å². The summed E-state index contributed by atoms with van der Waals surface area (Å²) in [5.74, 6) is -0.992. The number of halogens is 1. The second kappa shape index (κ2) is 8.42. The molecule has 0 aromatic heterocycles. The van der Waals surface area contributed by atoms with Crippen molar-refractivity contribution in [2.75, 3.05) is 20.2 Å². The Bertz CT molecular complexity index is 998. The number of ether oxygens (including phenoxy) is 2. The van der Waals surface area contributed by atoms with Gasteiger partial charge in [-0.25, -0.2) is 18.0 Å². The lowest BCUT2D eigenvalue weighted by Gasteiger charge is -2.16. The van der Waals surface area contributed by atoms with Gasteiger partial charge in [-0.15, -0.1) is 0 Å². The van der Waals surface area contributed by atoms with Crippen LogP contribution in [0.2, 0.25) is 0 Å². The van der Waals surface area contributed by atoms with Crippen molar-refractivity contribution in [1.82, 2.24) is 4.31 Å². The zero-order chi connectivity index (χ0) is 20.3. The third-order valence-corrected chi connectivity index (χ3v) is 6.93. The Morgan fingerprint density at radius 3 is 2.25 bits per heavy atom. The molecule has 1 aliphatic heterocycles. The van der Waals surface area contributed by atoms with Gasteiger partial charge < -0.3 is 9.47 Å². The van der Waals surface area contributed by atoms with E-state index >= 15 is 0 Å². The molecule has 28 heavy (non-hydrogen) atoms. The normalized spacial score (nSPS) is 14.6. The Balaban J connectivity index is 1.82. The first-order valence-electron chi connectivity index (χ1n) is 8.53. The monoisotopic (exact) mass is 467 g/mol. The minimum atomic E-state index is -3.65. The van der Waals surface area contributed by atoms with E-state index in [1.807, 2.05) is 0 Å². The van der Waals surface area contributed by atoms with Crippen molar-refractivity contribution in [3.63, 3.8) is 0 Å². The smallest absolute Gasteiger partial charge is 0.344 e. The van der Waals surface area contributed by atoms with Crippen LogP contribution in [0.5, 0.6) is 5.75 Å². The van der Waals surface area contributed by atoms with Crippen LogP contribution >= 0.6 is 15.9 Å². The summed E-state index contributed by atoms with van der Waals surface area (Å²) in [4.78, 5) is 24.1. The molecule has 0 unspecified atom stereocenters. The van der Waals surface area contributed by atoms with Gasteiger partial charge in [0.1, 0.15) is 5.75 Å². The van der Waals surface area contributed by atoms with Crippen LogP contribution in [0.25, 0.3) is 0 Å². The van der Waals surface area contributed by atoms with Gasteiger partial charge >= 0.3 is 11.9 Å². The molecule has 2 aromatic carbocycles. The highest BCUT2D eigenvalue weighted by Gasteiger charge is 2.28. The highest BCUT2D eigenvalue weighted by molar-refractivity contribution is 9.10. The Morgan fingerprint density at radius 1 is 1.00 bits per heavy atom. The van der Waals surface area contributed by atoms with Gasteiger partial charge in [0.05, 0.1) is 23.1 Å². The SMILES string of the molecule is COC(=O)c1ccc(OC(=O)c2cc(S(=O)(=O)N3CCCC3)ccc2Br)cc1. The van der Waals surface area contributed by atoms with E-state index in [9.17, 15) is 18.0 Å². The standard InChI is InChI=1S/C19H18BrNO6S/c1-26-18(22)13-4-6-14(7-5-13)27-19(23)16-12-15(8-9-17(16)20)28(24,25)21-10-2-3-11-21/h4-9,12H,2-3,10-11H2,1H3. The molecular weight excluding hydrogens is 450 g/mol. The number of nitrogens with zero attached hydrogens (tertiary/aromatic N) is 1. The summed E-state index contributed by atoms with van der Waals surface area (Å²) in [6.45, 7) is 0.954. The van der Waals surface area contributed by atoms with Crippen molar-refractivity contribution < 1.29 is 27.5 Å². The molecule has 9 heteroatoms.